The van der Waals surface area contributed by atoms with Crippen LogP contribution < -0.4 is 5.30 Å². The number of rotatable bonds is 5. The molecule has 3 unspecified atom stereocenters. The largest absolute Gasteiger partial charge is 0.283 e. The molecule has 3 nitrogen and oxygen atoms in total. The Morgan fingerprint density at radius 1 is 1.06 bits per heavy atom. The van der Waals surface area contributed by atoms with Gasteiger partial charge in [-0.15, -0.1) is 0 Å². The second kappa shape index (κ2) is 4.48. The van der Waals surface area contributed by atoms with Gasteiger partial charge in [0.25, 0.3) is 0 Å². The Kier molecular flexibility index (Phi) is 3.09. The van der Waals surface area contributed by atoms with Gasteiger partial charge in [0, 0.05) is 30.5 Å². The summed E-state index contributed by atoms with van der Waals surface area (Å²) in [5, 5.41) is 1.01. The van der Waals surface area contributed by atoms with Gasteiger partial charge in [-0.2, -0.15) is 0 Å². The average molecular weight is 264 g/mol. The number of hydrogen-bond acceptors (Lipinski definition) is 1. The van der Waals surface area contributed by atoms with Crippen molar-refractivity contribution in [3.63, 3.8) is 0 Å². The van der Waals surface area contributed by atoms with Crippen molar-refractivity contribution in [2.24, 2.45) is 0 Å². The highest BCUT2D eigenvalue weighted by molar-refractivity contribution is 7.67. The molecule has 5 atom stereocenters. The SMILES string of the molecule is CC[C@@H]1CN1P(=O)(c1ccccc1)N1C[C@@H]1CC. The second-order valence-corrected chi connectivity index (χ2v) is 7.88. The molecule has 98 valence electrons. The first-order valence-electron chi connectivity index (χ1n) is 6.91. The van der Waals surface area contributed by atoms with Crippen LogP contribution in [0.25, 0.3) is 0 Å². The first kappa shape index (κ1) is 12.4. The van der Waals surface area contributed by atoms with Crippen LogP contribution in [0.4, 0.5) is 0 Å². The zero-order valence-electron chi connectivity index (χ0n) is 11.1. The predicted octanol–water partition coefficient (Wildman–Crippen LogP) is 2.69. The maximum absolute atomic E-state index is 13.5. The van der Waals surface area contributed by atoms with E-state index in [0.29, 0.717) is 12.1 Å². The molecule has 2 heterocycles. The van der Waals surface area contributed by atoms with Crippen LogP contribution in [0, 0.1) is 0 Å². The molecule has 2 aliphatic heterocycles. The fraction of sp³-hybridized carbons (Fsp3) is 0.571. The Labute approximate surface area is 109 Å². The van der Waals surface area contributed by atoms with Crippen molar-refractivity contribution in [1.29, 1.82) is 0 Å². The van der Waals surface area contributed by atoms with Crippen LogP contribution in [-0.4, -0.2) is 34.5 Å². The maximum Gasteiger partial charge on any atom is 0.246 e. The molecule has 0 aromatic heterocycles. The molecule has 4 heteroatoms. The average Bonchev–Trinajstić information content (AvgIpc) is 3.30. The van der Waals surface area contributed by atoms with Crippen molar-refractivity contribution in [3.05, 3.63) is 30.3 Å². The summed E-state index contributed by atoms with van der Waals surface area (Å²) in [5.41, 5.74) is 0. The Morgan fingerprint density at radius 2 is 1.56 bits per heavy atom. The van der Waals surface area contributed by atoms with E-state index >= 15 is 0 Å². The molecule has 0 N–H and O–H groups in total. The van der Waals surface area contributed by atoms with E-state index < -0.39 is 7.44 Å². The summed E-state index contributed by atoms with van der Waals surface area (Å²) in [6.45, 7) is 6.35. The van der Waals surface area contributed by atoms with Gasteiger partial charge in [0.05, 0.1) is 0 Å². The lowest BCUT2D eigenvalue weighted by molar-refractivity contribution is 0.508. The molecule has 0 aliphatic carbocycles. The van der Waals surface area contributed by atoms with Crippen molar-refractivity contribution < 1.29 is 4.57 Å². The first-order chi connectivity index (χ1) is 8.71. The first-order valence-corrected chi connectivity index (χ1v) is 8.53. The van der Waals surface area contributed by atoms with Crippen molar-refractivity contribution in [1.82, 2.24) is 9.34 Å². The van der Waals surface area contributed by atoms with E-state index in [9.17, 15) is 4.57 Å². The van der Waals surface area contributed by atoms with Gasteiger partial charge in [-0.3, -0.25) is 4.57 Å². The Hall–Kier alpha value is -0.630. The van der Waals surface area contributed by atoms with E-state index in [-0.39, 0.29) is 0 Å². The van der Waals surface area contributed by atoms with E-state index in [4.69, 9.17) is 0 Å². The van der Waals surface area contributed by atoms with Gasteiger partial charge in [0.1, 0.15) is 0 Å². The standard InChI is InChI=1S/C14H21N2OP/c1-3-12-10-15(12)18(17,16-11-13(16)4-2)14-8-6-5-7-9-14/h5-9,12-13H,3-4,10-11H2,1-2H3/t12-,13+,15?,16?,18?. The molecule has 18 heavy (non-hydrogen) atoms. The highest BCUT2D eigenvalue weighted by Crippen LogP contribution is 2.64. The monoisotopic (exact) mass is 264 g/mol. The number of nitrogens with zero attached hydrogens (tertiary/aromatic N) is 2. The molecule has 1 aromatic carbocycles. The van der Waals surface area contributed by atoms with Gasteiger partial charge in [-0.05, 0) is 25.0 Å². The number of benzene rings is 1. The van der Waals surface area contributed by atoms with Crippen LogP contribution in [0.3, 0.4) is 0 Å². The summed E-state index contributed by atoms with van der Waals surface area (Å²) >= 11 is 0. The minimum Gasteiger partial charge on any atom is -0.283 e. The minimum absolute atomic E-state index is 0.522. The summed E-state index contributed by atoms with van der Waals surface area (Å²) in [7, 11) is -2.47. The Balaban J connectivity index is 1.93. The third kappa shape index (κ3) is 1.85. The van der Waals surface area contributed by atoms with E-state index in [2.05, 4.69) is 23.2 Å². The van der Waals surface area contributed by atoms with Gasteiger partial charge >= 0.3 is 0 Å². The highest BCUT2D eigenvalue weighted by Gasteiger charge is 2.57. The Bertz CT molecular complexity index is 454. The van der Waals surface area contributed by atoms with Crippen molar-refractivity contribution >= 4 is 12.7 Å². The summed E-state index contributed by atoms with van der Waals surface area (Å²) in [5.74, 6) is 0. The van der Waals surface area contributed by atoms with Crippen molar-refractivity contribution in [2.45, 2.75) is 38.8 Å². The summed E-state index contributed by atoms with van der Waals surface area (Å²) in [6, 6.07) is 11.1. The zero-order chi connectivity index (χ0) is 12.8. The molecule has 1 aromatic rings. The molecule has 2 aliphatic rings. The van der Waals surface area contributed by atoms with Gasteiger partial charge in [-0.25, -0.2) is 9.34 Å². The van der Waals surface area contributed by atoms with Crippen LogP contribution in [0.1, 0.15) is 26.7 Å². The normalized spacial score (nSPS) is 37.0. The molecule has 3 rings (SSSR count). The highest BCUT2D eigenvalue weighted by atomic mass is 31.2. The fourth-order valence-corrected chi connectivity index (χ4v) is 6.23. The molecular weight excluding hydrogens is 243 g/mol. The second-order valence-electron chi connectivity index (χ2n) is 5.25. The van der Waals surface area contributed by atoms with E-state index in [1.807, 2.05) is 30.3 Å². The fourth-order valence-electron chi connectivity index (χ4n) is 2.75. The zero-order valence-corrected chi connectivity index (χ0v) is 12.0. The van der Waals surface area contributed by atoms with E-state index in [0.717, 1.165) is 31.2 Å². The lowest BCUT2D eigenvalue weighted by atomic mass is 10.4. The molecule has 2 saturated heterocycles. The predicted molar refractivity (Wildman–Crippen MR) is 75.3 cm³/mol. The smallest absolute Gasteiger partial charge is 0.246 e. The molecule has 0 bridgehead atoms. The third-order valence-corrected chi connectivity index (χ3v) is 7.45. The van der Waals surface area contributed by atoms with Crippen LogP contribution in [0.15, 0.2) is 30.3 Å². The van der Waals surface area contributed by atoms with Gasteiger partial charge in [0.15, 0.2) is 0 Å². The van der Waals surface area contributed by atoms with Crippen molar-refractivity contribution in [2.75, 3.05) is 13.1 Å². The molecule has 0 spiro atoms. The van der Waals surface area contributed by atoms with Crippen LogP contribution in [0.5, 0.6) is 0 Å². The van der Waals surface area contributed by atoms with Gasteiger partial charge < -0.3 is 0 Å². The quantitative estimate of drug-likeness (QED) is 0.603. The van der Waals surface area contributed by atoms with Gasteiger partial charge in [0.2, 0.25) is 7.44 Å². The van der Waals surface area contributed by atoms with E-state index in [1.165, 1.54) is 0 Å². The lowest BCUT2D eigenvalue weighted by Crippen LogP contribution is -2.19. The van der Waals surface area contributed by atoms with E-state index in [1.54, 1.807) is 0 Å². The summed E-state index contributed by atoms with van der Waals surface area (Å²) in [4.78, 5) is 0. The van der Waals surface area contributed by atoms with Crippen LogP contribution >= 0.6 is 7.44 Å². The van der Waals surface area contributed by atoms with Crippen molar-refractivity contribution in [3.8, 4) is 0 Å². The third-order valence-electron chi connectivity index (χ3n) is 4.10. The molecular formula is C14H21N2OP. The van der Waals surface area contributed by atoms with Crippen LogP contribution in [0.2, 0.25) is 0 Å². The van der Waals surface area contributed by atoms with Gasteiger partial charge in [-0.1, -0.05) is 32.0 Å². The Morgan fingerprint density at radius 3 is 1.94 bits per heavy atom. The maximum atomic E-state index is 13.5. The molecule has 0 amide bonds. The van der Waals surface area contributed by atoms with Crippen LogP contribution in [-0.2, 0) is 4.57 Å². The summed E-state index contributed by atoms with van der Waals surface area (Å²) < 4.78 is 18.0. The molecule has 2 fully saturated rings. The molecule has 0 radical (unpaired) electrons. The number of hydrogen-bond donors (Lipinski definition) is 0. The lowest BCUT2D eigenvalue weighted by Gasteiger charge is -2.22. The minimum atomic E-state index is -2.47. The summed E-state index contributed by atoms with van der Waals surface area (Å²) in [6.07, 6.45) is 2.20. The molecule has 0 saturated carbocycles. The topological polar surface area (TPSA) is 23.1 Å².